The van der Waals surface area contributed by atoms with Crippen molar-refractivity contribution >= 4 is 15.9 Å². The molecule has 1 aliphatic carbocycles. The highest BCUT2D eigenvalue weighted by molar-refractivity contribution is 9.10. The summed E-state index contributed by atoms with van der Waals surface area (Å²) in [5, 5.41) is 0. The molecule has 0 heterocycles. The molecule has 1 saturated carbocycles. The van der Waals surface area contributed by atoms with Crippen LogP contribution in [0.2, 0.25) is 0 Å². The van der Waals surface area contributed by atoms with Crippen molar-refractivity contribution < 1.29 is 13.9 Å². The van der Waals surface area contributed by atoms with Crippen LogP contribution in [0.15, 0.2) is 10.5 Å². The lowest BCUT2D eigenvalue weighted by atomic mass is 9.77. The third kappa shape index (κ3) is 2.58. The van der Waals surface area contributed by atoms with Crippen molar-refractivity contribution in [3.8, 4) is 11.5 Å². The van der Waals surface area contributed by atoms with E-state index in [-0.39, 0.29) is 5.75 Å². The maximum atomic E-state index is 14.0. The molecule has 1 aliphatic rings. The van der Waals surface area contributed by atoms with Crippen LogP contribution >= 0.6 is 15.9 Å². The first-order chi connectivity index (χ1) is 9.03. The Bertz CT molecular complexity index is 473. The Morgan fingerprint density at radius 2 is 1.74 bits per heavy atom. The highest BCUT2D eigenvalue weighted by Gasteiger charge is 2.35. The molecule has 1 aromatic rings. The van der Waals surface area contributed by atoms with E-state index in [9.17, 15) is 4.39 Å². The molecule has 0 unspecified atom stereocenters. The van der Waals surface area contributed by atoms with Gasteiger partial charge >= 0.3 is 0 Å². The minimum atomic E-state index is -0.465. The van der Waals surface area contributed by atoms with E-state index >= 15 is 0 Å². The second-order valence-electron chi connectivity index (χ2n) is 5.00. The quantitative estimate of drug-likeness (QED) is 0.917. The topological polar surface area (TPSA) is 44.5 Å². The zero-order valence-corrected chi connectivity index (χ0v) is 12.8. The summed E-state index contributed by atoms with van der Waals surface area (Å²) in [5.41, 5.74) is 6.87. The summed E-state index contributed by atoms with van der Waals surface area (Å²) in [6.45, 7) is 0. The summed E-state index contributed by atoms with van der Waals surface area (Å²) >= 11 is 3.23. The number of benzene rings is 1. The molecule has 2 rings (SSSR count). The molecule has 0 radical (unpaired) electrons. The second-order valence-corrected chi connectivity index (χ2v) is 5.86. The van der Waals surface area contributed by atoms with Crippen molar-refractivity contribution in [2.24, 2.45) is 5.73 Å². The van der Waals surface area contributed by atoms with E-state index in [4.69, 9.17) is 15.2 Å². The van der Waals surface area contributed by atoms with E-state index in [1.165, 1.54) is 20.6 Å². The zero-order valence-electron chi connectivity index (χ0n) is 11.3. The van der Waals surface area contributed by atoms with Crippen molar-refractivity contribution in [1.29, 1.82) is 0 Å². The summed E-state index contributed by atoms with van der Waals surface area (Å²) in [6, 6.07) is 1.72. The van der Waals surface area contributed by atoms with Gasteiger partial charge in [0.25, 0.3) is 0 Å². The van der Waals surface area contributed by atoms with E-state index in [0.29, 0.717) is 10.2 Å². The molecule has 0 amide bonds. The predicted molar refractivity (Wildman–Crippen MR) is 76.2 cm³/mol. The van der Waals surface area contributed by atoms with Gasteiger partial charge in [0.1, 0.15) is 0 Å². The van der Waals surface area contributed by atoms with E-state index in [2.05, 4.69) is 15.9 Å². The molecule has 1 aromatic carbocycles. The standard InChI is InChI=1S/C14H19BrFNO2/c1-18-12-9(14(17)6-4-3-5-7-14)8-10(15)11(16)13(12)19-2/h8H,3-7,17H2,1-2H3. The molecule has 0 aliphatic heterocycles. The molecule has 106 valence electrons. The largest absolute Gasteiger partial charge is 0.492 e. The molecule has 19 heavy (non-hydrogen) atoms. The molecule has 2 N–H and O–H groups in total. The second kappa shape index (κ2) is 5.67. The molecule has 0 saturated heterocycles. The van der Waals surface area contributed by atoms with E-state index in [1.807, 2.05) is 0 Å². The summed E-state index contributed by atoms with van der Waals surface area (Å²) in [6.07, 6.45) is 5.11. The molecule has 0 aromatic heterocycles. The van der Waals surface area contributed by atoms with Crippen LogP contribution < -0.4 is 15.2 Å². The van der Waals surface area contributed by atoms with E-state index < -0.39 is 11.4 Å². The fraction of sp³-hybridized carbons (Fsp3) is 0.571. The van der Waals surface area contributed by atoms with Crippen molar-refractivity contribution in [2.75, 3.05) is 14.2 Å². The summed E-state index contributed by atoms with van der Waals surface area (Å²) in [5.74, 6) is 0.0670. The van der Waals surface area contributed by atoms with Crippen LogP contribution in [0.5, 0.6) is 11.5 Å². The van der Waals surface area contributed by atoms with Crippen LogP contribution in [0.3, 0.4) is 0 Å². The molecular formula is C14H19BrFNO2. The maximum Gasteiger partial charge on any atom is 0.198 e. The van der Waals surface area contributed by atoms with Crippen LogP contribution in [-0.4, -0.2) is 14.2 Å². The highest BCUT2D eigenvalue weighted by Crippen LogP contribution is 2.46. The average molecular weight is 332 g/mol. The molecule has 3 nitrogen and oxygen atoms in total. The number of hydrogen-bond acceptors (Lipinski definition) is 3. The van der Waals surface area contributed by atoms with Gasteiger partial charge in [0.15, 0.2) is 17.3 Å². The maximum absolute atomic E-state index is 14.0. The number of hydrogen-bond donors (Lipinski definition) is 1. The van der Waals surface area contributed by atoms with Gasteiger partial charge in [-0.2, -0.15) is 0 Å². The van der Waals surface area contributed by atoms with Gasteiger partial charge in [0.05, 0.1) is 18.7 Å². The Balaban J connectivity index is 2.58. The first kappa shape index (κ1) is 14.6. The number of halogens is 2. The SMILES string of the molecule is COc1c(C2(N)CCCCC2)cc(Br)c(F)c1OC. The van der Waals surface area contributed by atoms with Crippen molar-refractivity contribution in [1.82, 2.24) is 0 Å². The van der Waals surface area contributed by atoms with Crippen LogP contribution in [0, 0.1) is 5.82 Å². The summed E-state index contributed by atoms with van der Waals surface area (Å²) < 4.78 is 24.9. The Hall–Kier alpha value is -0.810. The highest BCUT2D eigenvalue weighted by atomic mass is 79.9. The first-order valence-electron chi connectivity index (χ1n) is 6.43. The lowest BCUT2D eigenvalue weighted by Gasteiger charge is -2.35. The molecule has 5 heteroatoms. The minimum Gasteiger partial charge on any atom is -0.492 e. The van der Waals surface area contributed by atoms with Crippen molar-refractivity contribution in [3.63, 3.8) is 0 Å². The lowest BCUT2D eigenvalue weighted by molar-refractivity contribution is 0.278. The van der Waals surface area contributed by atoms with Gasteiger partial charge in [0, 0.05) is 11.1 Å². The third-order valence-corrected chi connectivity index (χ3v) is 4.40. The molecule has 0 bridgehead atoms. The number of methoxy groups -OCH3 is 2. The van der Waals surface area contributed by atoms with Gasteiger partial charge in [-0.05, 0) is 34.8 Å². The third-order valence-electron chi connectivity index (χ3n) is 3.82. The predicted octanol–water partition coefficient (Wildman–Crippen LogP) is 3.72. The van der Waals surface area contributed by atoms with E-state index in [0.717, 1.165) is 31.2 Å². The van der Waals surface area contributed by atoms with E-state index in [1.54, 1.807) is 6.07 Å². The summed E-state index contributed by atoms with van der Waals surface area (Å²) in [4.78, 5) is 0. The smallest absolute Gasteiger partial charge is 0.198 e. The lowest BCUT2D eigenvalue weighted by Crippen LogP contribution is -2.39. The number of nitrogens with two attached hydrogens (primary N) is 1. The molecule has 1 fully saturated rings. The van der Waals surface area contributed by atoms with Crippen molar-refractivity contribution in [3.05, 3.63) is 21.9 Å². The average Bonchev–Trinajstić information content (AvgIpc) is 2.41. The minimum absolute atomic E-state index is 0.113. The molecular weight excluding hydrogens is 313 g/mol. The zero-order chi connectivity index (χ0) is 14.0. The fourth-order valence-electron chi connectivity index (χ4n) is 2.79. The summed E-state index contributed by atoms with van der Waals surface area (Å²) in [7, 11) is 2.95. The Morgan fingerprint density at radius 3 is 2.26 bits per heavy atom. The van der Waals surface area contributed by atoms with Crippen LogP contribution in [-0.2, 0) is 5.54 Å². The Kier molecular flexibility index (Phi) is 4.36. The van der Waals surface area contributed by atoms with Gasteiger partial charge in [-0.3, -0.25) is 0 Å². The number of rotatable bonds is 3. The van der Waals surface area contributed by atoms with Gasteiger partial charge in [-0.25, -0.2) is 4.39 Å². The Labute approximate surface area is 121 Å². The normalized spacial score (nSPS) is 18.2. The first-order valence-corrected chi connectivity index (χ1v) is 7.22. The van der Waals surface area contributed by atoms with Crippen LogP contribution in [0.1, 0.15) is 37.7 Å². The number of ether oxygens (including phenoxy) is 2. The van der Waals surface area contributed by atoms with Crippen LogP contribution in [0.25, 0.3) is 0 Å². The van der Waals surface area contributed by atoms with Gasteiger partial charge < -0.3 is 15.2 Å². The van der Waals surface area contributed by atoms with Crippen molar-refractivity contribution in [2.45, 2.75) is 37.6 Å². The molecule has 0 atom stereocenters. The van der Waals surface area contributed by atoms with Crippen LogP contribution in [0.4, 0.5) is 4.39 Å². The fourth-order valence-corrected chi connectivity index (χ4v) is 3.20. The Morgan fingerprint density at radius 1 is 1.16 bits per heavy atom. The molecule has 0 spiro atoms. The monoisotopic (exact) mass is 331 g/mol. The van der Waals surface area contributed by atoms with Gasteiger partial charge in [0.2, 0.25) is 0 Å². The van der Waals surface area contributed by atoms with Gasteiger partial charge in [-0.1, -0.05) is 19.3 Å². The van der Waals surface area contributed by atoms with Gasteiger partial charge in [-0.15, -0.1) is 0 Å².